The van der Waals surface area contributed by atoms with Crippen LogP contribution in [-0.2, 0) is 0 Å². The molecule has 0 aromatic heterocycles. The van der Waals surface area contributed by atoms with Crippen LogP contribution < -0.4 is 10.1 Å². The van der Waals surface area contributed by atoms with Crippen LogP contribution in [0.1, 0.15) is 37.2 Å². The minimum atomic E-state index is -4.68. The summed E-state index contributed by atoms with van der Waals surface area (Å²) in [6.07, 6.45) is -0.193. The number of nitrogens with zero attached hydrogens (tertiary/aromatic N) is 3. The molecule has 1 aromatic carbocycles. The number of benzene rings is 1. The molecule has 2 saturated heterocycles. The molecule has 28 heavy (non-hydrogen) atoms. The Hall–Kier alpha value is -1.96. The maximum absolute atomic E-state index is 12.7. The summed E-state index contributed by atoms with van der Waals surface area (Å²) in [7, 11) is 1.77. The number of likely N-dealkylation sites (tertiary alicyclic amines) is 2. The predicted molar refractivity (Wildman–Crippen MR) is 102 cm³/mol. The third-order valence-corrected chi connectivity index (χ3v) is 5.98. The first-order chi connectivity index (χ1) is 13.4. The number of alkyl halides is 3. The average molecular weight is 396 g/mol. The van der Waals surface area contributed by atoms with Crippen LogP contribution in [0.5, 0.6) is 5.75 Å². The fraction of sp³-hybridized carbons (Fsp3) is 0.650. The van der Waals surface area contributed by atoms with E-state index < -0.39 is 6.36 Å². The lowest BCUT2D eigenvalue weighted by atomic mass is 10.1. The standard InChI is InChI=1S/C20H27F3N4O/c1-24-19(27-11-8-14(13-27)26-9-4-5-10-26)25-17-12-16(17)15-6-2-3-7-18(15)28-20(21,22)23/h2-3,6-7,14,16-17H,4-5,8-13H2,1H3,(H,24,25). The van der Waals surface area contributed by atoms with Gasteiger partial charge in [-0.3, -0.25) is 9.89 Å². The van der Waals surface area contributed by atoms with E-state index in [4.69, 9.17) is 0 Å². The molecule has 3 unspecified atom stereocenters. The second-order valence-corrected chi connectivity index (χ2v) is 7.86. The fourth-order valence-corrected chi connectivity index (χ4v) is 4.50. The van der Waals surface area contributed by atoms with Crippen molar-refractivity contribution in [2.45, 2.75) is 50.0 Å². The normalized spacial score (nSPS) is 28.6. The number of hydrogen-bond acceptors (Lipinski definition) is 3. The zero-order valence-electron chi connectivity index (χ0n) is 16.1. The number of ether oxygens (including phenoxy) is 1. The van der Waals surface area contributed by atoms with E-state index in [9.17, 15) is 13.2 Å². The van der Waals surface area contributed by atoms with Crippen LogP contribution in [0.4, 0.5) is 13.2 Å². The molecule has 8 heteroatoms. The molecular formula is C20H27F3N4O. The number of aliphatic imine (C=N–C) groups is 1. The van der Waals surface area contributed by atoms with E-state index in [0.29, 0.717) is 11.6 Å². The number of hydrogen-bond donors (Lipinski definition) is 1. The van der Waals surface area contributed by atoms with Crippen LogP contribution in [0.3, 0.4) is 0 Å². The highest BCUT2D eigenvalue weighted by molar-refractivity contribution is 5.81. The van der Waals surface area contributed by atoms with Crippen LogP contribution in [-0.4, -0.2) is 67.4 Å². The van der Waals surface area contributed by atoms with E-state index in [2.05, 4.69) is 24.8 Å². The highest BCUT2D eigenvalue weighted by atomic mass is 19.4. The van der Waals surface area contributed by atoms with Gasteiger partial charge in [0.2, 0.25) is 0 Å². The van der Waals surface area contributed by atoms with Crippen molar-refractivity contribution in [3.05, 3.63) is 29.8 Å². The summed E-state index contributed by atoms with van der Waals surface area (Å²) in [5.74, 6) is 0.755. The third kappa shape index (κ3) is 4.37. The van der Waals surface area contributed by atoms with Gasteiger partial charge in [0.1, 0.15) is 5.75 Å². The van der Waals surface area contributed by atoms with Gasteiger partial charge in [-0.05, 0) is 50.4 Å². The molecule has 3 fully saturated rings. The van der Waals surface area contributed by atoms with Gasteiger partial charge in [0.05, 0.1) is 0 Å². The van der Waals surface area contributed by atoms with Crippen LogP contribution in [0.15, 0.2) is 29.3 Å². The Labute approximate surface area is 163 Å². The number of halogens is 3. The average Bonchev–Trinajstić information content (AvgIpc) is 3.03. The van der Waals surface area contributed by atoms with Gasteiger partial charge < -0.3 is 15.0 Å². The van der Waals surface area contributed by atoms with E-state index in [1.54, 1.807) is 25.2 Å². The molecule has 2 aliphatic heterocycles. The maximum atomic E-state index is 12.7. The van der Waals surface area contributed by atoms with Crippen LogP contribution in [0, 0.1) is 0 Å². The smallest absolute Gasteiger partial charge is 0.405 e. The highest BCUT2D eigenvalue weighted by Gasteiger charge is 2.43. The molecule has 1 saturated carbocycles. The van der Waals surface area contributed by atoms with Gasteiger partial charge >= 0.3 is 6.36 Å². The largest absolute Gasteiger partial charge is 0.573 e. The molecule has 154 valence electrons. The summed E-state index contributed by atoms with van der Waals surface area (Å²) in [5.41, 5.74) is 0.601. The van der Waals surface area contributed by atoms with Gasteiger partial charge in [0, 0.05) is 38.1 Å². The highest BCUT2D eigenvalue weighted by Crippen LogP contribution is 2.45. The number of para-hydroxylation sites is 1. The molecule has 3 aliphatic rings. The maximum Gasteiger partial charge on any atom is 0.573 e. The Morgan fingerprint density at radius 2 is 1.93 bits per heavy atom. The van der Waals surface area contributed by atoms with Gasteiger partial charge in [-0.1, -0.05) is 18.2 Å². The molecule has 5 nitrogen and oxygen atoms in total. The van der Waals surface area contributed by atoms with E-state index in [1.807, 2.05) is 0 Å². The lowest BCUT2D eigenvalue weighted by molar-refractivity contribution is -0.274. The molecule has 3 atom stereocenters. The molecule has 2 heterocycles. The molecule has 0 spiro atoms. The predicted octanol–water partition coefficient (Wildman–Crippen LogP) is 3.19. The summed E-state index contributed by atoms with van der Waals surface area (Å²) in [6, 6.07) is 7.09. The first-order valence-corrected chi connectivity index (χ1v) is 10.0. The molecule has 0 radical (unpaired) electrons. The van der Waals surface area contributed by atoms with E-state index in [-0.39, 0.29) is 17.7 Å². The number of guanidine groups is 1. The Morgan fingerprint density at radius 1 is 1.18 bits per heavy atom. The third-order valence-electron chi connectivity index (χ3n) is 5.98. The van der Waals surface area contributed by atoms with Crippen molar-refractivity contribution in [2.24, 2.45) is 4.99 Å². The Bertz CT molecular complexity index is 718. The van der Waals surface area contributed by atoms with E-state index in [1.165, 1.54) is 32.0 Å². The molecule has 0 bridgehead atoms. The van der Waals surface area contributed by atoms with Gasteiger partial charge in [0.15, 0.2) is 5.96 Å². The molecule has 1 aromatic rings. The van der Waals surface area contributed by atoms with Crippen molar-refractivity contribution < 1.29 is 17.9 Å². The minimum Gasteiger partial charge on any atom is -0.405 e. The summed E-state index contributed by atoms with van der Waals surface area (Å²) in [6.45, 7) is 4.30. The zero-order valence-corrected chi connectivity index (χ0v) is 16.1. The van der Waals surface area contributed by atoms with E-state index >= 15 is 0 Å². The van der Waals surface area contributed by atoms with Crippen molar-refractivity contribution in [3.8, 4) is 5.75 Å². The first kappa shape index (κ1) is 19.4. The van der Waals surface area contributed by atoms with Crippen LogP contribution in [0.25, 0.3) is 0 Å². The molecule has 4 rings (SSSR count). The topological polar surface area (TPSA) is 40.1 Å². The van der Waals surface area contributed by atoms with Crippen molar-refractivity contribution in [1.29, 1.82) is 0 Å². The Balaban J connectivity index is 1.36. The monoisotopic (exact) mass is 396 g/mol. The van der Waals surface area contributed by atoms with Crippen LogP contribution >= 0.6 is 0 Å². The fourth-order valence-electron chi connectivity index (χ4n) is 4.50. The zero-order chi connectivity index (χ0) is 19.7. The lowest BCUT2D eigenvalue weighted by Gasteiger charge is -2.25. The van der Waals surface area contributed by atoms with Gasteiger partial charge in [0.25, 0.3) is 0 Å². The van der Waals surface area contributed by atoms with E-state index in [0.717, 1.165) is 31.9 Å². The second kappa shape index (κ2) is 7.81. The molecule has 1 aliphatic carbocycles. The van der Waals surface area contributed by atoms with Gasteiger partial charge in [-0.15, -0.1) is 13.2 Å². The Morgan fingerprint density at radius 3 is 2.64 bits per heavy atom. The molecule has 0 amide bonds. The lowest BCUT2D eigenvalue weighted by Crippen LogP contribution is -2.43. The minimum absolute atomic E-state index is 0.00674. The Kier molecular flexibility index (Phi) is 5.40. The number of nitrogens with one attached hydrogen (secondary N) is 1. The quantitative estimate of drug-likeness (QED) is 0.627. The first-order valence-electron chi connectivity index (χ1n) is 10.0. The van der Waals surface area contributed by atoms with Crippen molar-refractivity contribution >= 4 is 5.96 Å². The second-order valence-electron chi connectivity index (χ2n) is 7.86. The van der Waals surface area contributed by atoms with Crippen molar-refractivity contribution in [1.82, 2.24) is 15.1 Å². The van der Waals surface area contributed by atoms with Gasteiger partial charge in [-0.25, -0.2) is 0 Å². The van der Waals surface area contributed by atoms with Crippen molar-refractivity contribution in [3.63, 3.8) is 0 Å². The number of rotatable bonds is 4. The summed E-state index contributed by atoms with van der Waals surface area (Å²) in [4.78, 5) is 9.26. The molecular weight excluding hydrogens is 369 g/mol. The summed E-state index contributed by atoms with van der Waals surface area (Å²) < 4.78 is 42.2. The summed E-state index contributed by atoms with van der Waals surface area (Å²) in [5, 5.41) is 3.45. The van der Waals surface area contributed by atoms with Gasteiger partial charge in [-0.2, -0.15) is 0 Å². The van der Waals surface area contributed by atoms with Crippen molar-refractivity contribution in [2.75, 3.05) is 33.2 Å². The SMILES string of the molecule is CN=C(NC1CC1c1ccccc1OC(F)(F)F)N1CCC(N2CCCC2)C1. The molecule has 1 N–H and O–H groups in total. The summed E-state index contributed by atoms with van der Waals surface area (Å²) >= 11 is 0. The van der Waals surface area contributed by atoms with Crippen LogP contribution in [0.2, 0.25) is 0 Å².